The molecule has 0 aromatic heterocycles. The molecular weight excluding hydrogens is 73.9 g/mol. The Bertz CT molecular complexity index is 17.3. The van der Waals surface area contributed by atoms with Crippen LogP contribution < -0.4 is 0 Å². The van der Waals surface area contributed by atoms with Crippen LogP contribution in [0.25, 0.3) is 0 Å². The van der Waals surface area contributed by atoms with Crippen molar-refractivity contribution in [3.8, 4) is 0 Å². The van der Waals surface area contributed by atoms with Gasteiger partial charge >= 0.3 is 65.9 Å². The van der Waals surface area contributed by atoms with Gasteiger partial charge in [-0.05, 0) is 0 Å². The molecular formula is C5H12Li2. The zero-order valence-electron chi connectivity index (χ0n) is 6.28. The van der Waals surface area contributed by atoms with Crippen LogP contribution in [0.2, 0.25) is 9.68 Å². The Morgan fingerprint density at radius 3 is 1.43 bits per heavy atom. The molecule has 0 aromatic carbocycles. The summed E-state index contributed by atoms with van der Waals surface area (Å²) >= 11 is 4.29. The van der Waals surface area contributed by atoms with E-state index in [1.165, 1.54) is 5.09 Å². The van der Waals surface area contributed by atoms with Gasteiger partial charge in [0, 0.05) is 0 Å². The first-order chi connectivity index (χ1) is 3.15. The summed E-state index contributed by atoms with van der Waals surface area (Å²) < 4.78 is 0.833. The van der Waals surface area contributed by atoms with Crippen LogP contribution in [-0.4, -0.2) is 35.4 Å². The Morgan fingerprint density at radius 1 is 1.43 bits per heavy atom. The third-order valence-corrected chi connectivity index (χ3v) is 0. The molecule has 0 rings (SSSR count). The van der Waals surface area contributed by atoms with Gasteiger partial charge in [0.25, 0.3) is 0 Å². The molecule has 0 nitrogen and oxygen atoms in total. The second-order valence-electron chi connectivity index (χ2n) is 2.44. The van der Waals surface area contributed by atoms with Gasteiger partial charge in [-0.3, -0.25) is 0 Å². The zero-order valence-corrected chi connectivity index (χ0v) is 6.28. The van der Waals surface area contributed by atoms with Gasteiger partial charge in [-0.2, -0.15) is 0 Å². The van der Waals surface area contributed by atoms with Gasteiger partial charge in [0.2, 0.25) is 0 Å². The summed E-state index contributed by atoms with van der Waals surface area (Å²) in [5, 5.41) is 1.25. The average Bonchev–Trinajstić information content (AvgIpc) is 1.33. The minimum atomic E-state index is 0.833. The molecule has 7 heavy (non-hydrogen) atoms. The van der Waals surface area contributed by atoms with E-state index in [9.17, 15) is 0 Å². The maximum absolute atomic E-state index is 2.17. The Labute approximate surface area is 65.8 Å². The molecule has 0 N–H and O–H groups in total. The predicted octanol–water partition coefficient (Wildman–Crippen LogP) is 1.58. The number of hydrogen-bond acceptors (Lipinski definition) is 0. The first kappa shape index (κ1) is 11.1. The van der Waals surface area contributed by atoms with Crippen molar-refractivity contribution in [2.45, 2.75) is 30.5 Å². The van der Waals surface area contributed by atoms with E-state index in [1.807, 2.05) is 0 Å². The van der Waals surface area contributed by atoms with Crippen molar-refractivity contribution in [2.75, 3.05) is 0 Å². The molecule has 0 aliphatic carbocycles. The SMILES string of the molecule is [Li][CH2]C.[Li][CH](C)C. The Kier molecular flexibility index (Phi) is 16.2. The molecule has 0 amide bonds. The van der Waals surface area contributed by atoms with Crippen molar-refractivity contribution in [3.63, 3.8) is 0 Å². The molecule has 0 aromatic rings. The standard InChI is InChI=1S/C3H7.C2H5.2Li/c1-3-2;1-2;;/h3H,1-2H3;1H2,2H3;;. The van der Waals surface area contributed by atoms with E-state index < -0.39 is 0 Å². The fourth-order valence-corrected chi connectivity index (χ4v) is 0. The summed E-state index contributed by atoms with van der Waals surface area (Å²) in [7, 11) is 0. The molecule has 0 atom stereocenters. The molecule has 0 spiro atoms. The maximum atomic E-state index is 2.17. The fraction of sp³-hybridized carbons (Fsp3) is 1.00. The van der Waals surface area contributed by atoms with Crippen molar-refractivity contribution in [1.29, 1.82) is 0 Å². The molecule has 0 radical (unpaired) electrons. The van der Waals surface area contributed by atoms with Gasteiger partial charge in [-0.1, -0.05) is 0 Å². The van der Waals surface area contributed by atoms with Crippen molar-refractivity contribution < 1.29 is 0 Å². The average molecular weight is 86.0 g/mol. The van der Waals surface area contributed by atoms with E-state index >= 15 is 0 Å². The summed E-state index contributed by atoms with van der Waals surface area (Å²) in [5.41, 5.74) is 0. The van der Waals surface area contributed by atoms with Crippen molar-refractivity contribution in [3.05, 3.63) is 0 Å². The summed E-state index contributed by atoms with van der Waals surface area (Å²) in [6, 6.07) is 0. The topological polar surface area (TPSA) is 0 Å². The summed E-state index contributed by atoms with van der Waals surface area (Å²) in [6.07, 6.45) is 0. The van der Waals surface area contributed by atoms with E-state index in [0.29, 0.717) is 0 Å². The van der Waals surface area contributed by atoms with Crippen LogP contribution in [-0.2, 0) is 0 Å². The Morgan fingerprint density at radius 2 is 1.43 bits per heavy atom. The van der Waals surface area contributed by atoms with Crippen LogP contribution in [0.3, 0.4) is 0 Å². The summed E-state index contributed by atoms with van der Waals surface area (Å²) in [4.78, 5) is 0. The van der Waals surface area contributed by atoms with Gasteiger partial charge in [0.15, 0.2) is 0 Å². The van der Waals surface area contributed by atoms with E-state index in [2.05, 4.69) is 56.2 Å². The van der Waals surface area contributed by atoms with E-state index in [4.69, 9.17) is 0 Å². The monoisotopic (exact) mass is 86.1 g/mol. The van der Waals surface area contributed by atoms with Crippen LogP contribution in [0.5, 0.6) is 0 Å². The molecule has 34 valence electrons. The first-order valence-electron chi connectivity index (χ1n) is 3.15. The van der Waals surface area contributed by atoms with Gasteiger partial charge in [-0.15, -0.1) is 0 Å². The summed E-state index contributed by atoms with van der Waals surface area (Å²) in [5.74, 6) is 0. The van der Waals surface area contributed by atoms with Gasteiger partial charge in [0.1, 0.15) is 0 Å². The molecule has 0 saturated heterocycles. The van der Waals surface area contributed by atoms with Crippen LogP contribution in [0.15, 0.2) is 0 Å². The van der Waals surface area contributed by atoms with Crippen molar-refractivity contribution in [1.82, 2.24) is 0 Å². The van der Waals surface area contributed by atoms with Crippen LogP contribution in [0, 0.1) is 0 Å². The molecule has 0 fully saturated rings. The van der Waals surface area contributed by atoms with E-state index in [1.54, 1.807) is 0 Å². The first-order valence-corrected chi connectivity index (χ1v) is 3.15. The molecule has 0 heterocycles. The Balaban J connectivity index is 0. The molecule has 0 aliphatic heterocycles. The quantitative estimate of drug-likeness (QED) is 0.392. The predicted molar refractivity (Wildman–Crippen MR) is 37.1 cm³/mol. The number of hydrogen-bond donors (Lipinski definition) is 0. The van der Waals surface area contributed by atoms with Crippen LogP contribution in [0.1, 0.15) is 20.8 Å². The van der Waals surface area contributed by atoms with Gasteiger partial charge in [-0.25, -0.2) is 0 Å². The molecule has 2 heteroatoms. The van der Waals surface area contributed by atoms with Crippen molar-refractivity contribution >= 4 is 35.4 Å². The van der Waals surface area contributed by atoms with Crippen LogP contribution in [0.4, 0.5) is 0 Å². The minimum absolute atomic E-state index is 0.833. The molecule has 0 saturated carbocycles. The second-order valence-corrected chi connectivity index (χ2v) is 2.44. The van der Waals surface area contributed by atoms with E-state index in [-0.39, 0.29) is 0 Å². The third kappa shape index (κ3) is 136. The van der Waals surface area contributed by atoms with Crippen molar-refractivity contribution in [2.24, 2.45) is 0 Å². The normalized spacial score (nSPS) is 8.00. The zero-order chi connectivity index (χ0) is 6.28. The second kappa shape index (κ2) is 10.2. The van der Waals surface area contributed by atoms with E-state index in [0.717, 1.165) is 4.59 Å². The molecule has 0 aliphatic rings. The third-order valence-electron chi connectivity index (χ3n) is 0. The Hall–Kier alpha value is 1.19. The summed E-state index contributed by atoms with van der Waals surface area (Å²) in [6.45, 7) is 6.46. The number of rotatable bonds is 0. The van der Waals surface area contributed by atoms with Crippen LogP contribution >= 0.6 is 0 Å². The fourth-order valence-electron chi connectivity index (χ4n) is 0. The molecule has 0 bridgehead atoms. The molecule has 0 unspecified atom stereocenters. The van der Waals surface area contributed by atoms with Gasteiger partial charge < -0.3 is 0 Å². The van der Waals surface area contributed by atoms with Gasteiger partial charge in [0.05, 0.1) is 0 Å².